The third kappa shape index (κ3) is 4.36. The Bertz CT molecular complexity index is 701. The predicted octanol–water partition coefficient (Wildman–Crippen LogP) is 2.42. The molecule has 128 valence electrons. The zero-order chi connectivity index (χ0) is 17.3. The molecule has 1 saturated heterocycles. The summed E-state index contributed by atoms with van der Waals surface area (Å²) in [6, 6.07) is 3.37. The lowest BCUT2D eigenvalue weighted by Gasteiger charge is -2.17. The van der Waals surface area contributed by atoms with Crippen molar-refractivity contribution in [3.05, 3.63) is 28.8 Å². The summed E-state index contributed by atoms with van der Waals surface area (Å²) in [5.41, 5.74) is -0.198. The number of carbonyl (C=O) groups excluding carboxylic acids is 1. The van der Waals surface area contributed by atoms with E-state index in [1.165, 1.54) is 16.4 Å². The van der Waals surface area contributed by atoms with Crippen molar-refractivity contribution in [3.8, 4) is 0 Å². The lowest BCUT2D eigenvalue weighted by Crippen LogP contribution is -2.34. The molecule has 1 amide bonds. The molecule has 0 atom stereocenters. The molecule has 1 aliphatic rings. The number of rotatable bonds is 4. The molecular weight excluding hydrogens is 357 g/mol. The van der Waals surface area contributed by atoms with E-state index in [-0.39, 0.29) is 15.5 Å². The number of benzene rings is 1. The van der Waals surface area contributed by atoms with Crippen LogP contribution >= 0.6 is 11.6 Å². The van der Waals surface area contributed by atoms with Crippen LogP contribution in [0, 0.1) is 0 Å². The van der Waals surface area contributed by atoms with Crippen molar-refractivity contribution in [2.24, 2.45) is 0 Å². The van der Waals surface area contributed by atoms with Gasteiger partial charge in [-0.2, -0.15) is 17.5 Å². The van der Waals surface area contributed by atoms with E-state index < -0.39 is 28.7 Å². The van der Waals surface area contributed by atoms with Crippen LogP contribution in [-0.4, -0.2) is 44.4 Å². The smallest absolute Gasteiger partial charge is 0.343 e. The molecule has 0 aromatic heterocycles. The zero-order valence-corrected chi connectivity index (χ0v) is 13.4. The molecule has 0 saturated carbocycles. The van der Waals surface area contributed by atoms with Gasteiger partial charge in [-0.05, 0) is 31.0 Å². The molecule has 0 radical (unpaired) electrons. The van der Waals surface area contributed by atoms with Crippen LogP contribution in [0.2, 0.25) is 5.02 Å². The van der Waals surface area contributed by atoms with Crippen LogP contribution < -0.4 is 5.32 Å². The van der Waals surface area contributed by atoms with Crippen molar-refractivity contribution in [3.63, 3.8) is 0 Å². The fourth-order valence-electron chi connectivity index (χ4n) is 2.19. The fourth-order valence-corrected chi connectivity index (χ4v) is 4.21. The monoisotopic (exact) mass is 370 g/mol. The van der Waals surface area contributed by atoms with Gasteiger partial charge in [0.25, 0.3) is 5.91 Å². The summed E-state index contributed by atoms with van der Waals surface area (Å²) < 4.78 is 62.6. The summed E-state index contributed by atoms with van der Waals surface area (Å²) in [7, 11) is -3.87. The Morgan fingerprint density at radius 2 is 1.87 bits per heavy atom. The van der Waals surface area contributed by atoms with Crippen molar-refractivity contribution in [2.75, 3.05) is 19.6 Å². The lowest BCUT2D eigenvalue weighted by molar-refractivity contribution is -0.123. The number of nitrogens with one attached hydrogen (secondary N) is 1. The Morgan fingerprint density at radius 1 is 1.26 bits per heavy atom. The molecule has 1 fully saturated rings. The highest BCUT2D eigenvalue weighted by Crippen LogP contribution is 2.28. The number of carbonyl (C=O) groups is 1. The molecule has 1 aliphatic heterocycles. The van der Waals surface area contributed by atoms with Gasteiger partial charge >= 0.3 is 6.18 Å². The lowest BCUT2D eigenvalue weighted by atomic mass is 10.2. The van der Waals surface area contributed by atoms with Crippen LogP contribution in [-0.2, 0) is 10.0 Å². The molecule has 23 heavy (non-hydrogen) atoms. The van der Waals surface area contributed by atoms with Crippen molar-refractivity contribution in [2.45, 2.75) is 23.9 Å². The van der Waals surface area contributed by atoms with Gasteiger partial charge in [0.15, 0.2) is 0 Å². The maximum Gasteiger partial charge on any atom is 0.405 e. The molecule has 1 heterocycles. The summed E-state index contributed by atoms with van der Waals surface area (Å²) in [6.45, 7) is -0.797. The normalized spacial score (nSPS) is 16.5. The highest BCUT2D eigenvalue weighted by Gasteiger charge is 2.31. The highest BCUT2D eigenvalue weighted by atomic mass is 35.5. The van der Waals surface area contributed by atoms with E-state index in [4.69, 9.17) is 11.6 Å². The van der Waals surface area contributed by atoms with Gasteiger partial charge in [-0.15, -0.1) is 0 Å². The van der Waals surface area contributed by atoms with Gasteiger partial charge in [-0.25, -0.2) is 8.42 Å². The van der Waals surface area contributed by atoms with E-state index in [0.717, 1.165) is 18.9 Å². The zero-order valence-electron chi connectivity index (χ0n) is 11.9. The summed E-state index contributed by atoms with van der Waals surface area (Å²) in [5.74, 6) is -1.02. The third-order valence-corrected chi connectivity index (χ3v) is 5.71. The summed E-state index contributed by atoms with van der Waals surface area (Å²) in [5, 5.41) is 1.61. The van der Waals surface area contributed by atoms with E-state index in [1.807, 2.05) is 0 Å². The second kappa shape index (κ2) is 6.66. The molecule has 10 heteroatoms. The van der Waals surface area contributed by atoms with E-state index in [0.29, 0.717) is 13.1 Å². The second-order valence-electron chi connectivity index (χ2n) is 5.05. The molecule has 0 unspecified atom stereocenters. The van der Waals surface area contributed by atoms with Gasteiger partial charge < -0.3 is 5.32 Å². The Morgan fingerprint density at radius 3 is 2.43 bits per heavy atom. The van der Waals surface area contributed by atoms with Crippen LogP contribution in [0.4, 0.5) is 13.2 Å². The number of hydrogen-bond donors (Lipinski definition) is 1. The molecule has 1 aromatic carbocycles. The number of alkyl halides is 3. The van der Waals surface area contributed by atoms with Gasteiger partial charge in [0.1, 0.15) is 11.4 Å². The molecule has 1 aromatic rings. The van der Waals surface area contributed by atoms with Crippen LogP contribution in [0.5, 0.6) is 0 Å². The Hall–Kier alpha value is -1.32. The van der Waals surface area contributed by atoms with E-state index in [2.05, 4.69) is 0 Å². The minimum absolute atomic E-state index is 0.0794. The SMILES string of the molecule is O=C(NCC(F)(F)F)c1ccc(Cl)c(S(=O)(=O)N2CCCC2)c1. The third-order valence-electron chi connectivity index (χ3n) is 3.33. The van der Waals surface area contributed by atoms with Crippen LogP contribution in [0.25, 0.3) is 0 Å². The molecule has 2 rings (SSSR count). The van der Waals surface area contributed by atoms with Crippen molar-refractivity contribution in [1.82, 2.24) is 9.62 Å². The quantitative estimate of drug-likeness (QED) is 0.885. The van der Waals surface area contributed by atoms with E-state index in [1.54, 1.807) is 5.32 Å². The maximum absolute atomic E-state index is 12.5. The largest absolute Gasteiger partial charge is 0.405 e. The van der Waals surface area contributed by atoms with E-state index >= 15 is 0 Å². The van der Waals surface area contributed by atoms with Gasteiger partial charge in [0.05, 0.1) is 5.02 Å². The first kappa shape index (κ1) is 18.0. The van der Waals surface area contributed by atoms with Crippen molar-refractivity contribution < 1.29 is 26.4 Å². The average molecular weight is 371 g/mol. The van der Waals surface area contributed by atoms with Gasteiger partial charge in [0.2, 0.25) is 10.0 Å². The number of amides is 1. The molecule has 0 bridgehead atoms. The van der Waals surface area contributed by atoms with Gasteiger partial charge in [-0.1, -0.05) is 11.6 Å². The van der Waals surface area contributed by atoms with Crippen molar-refractivity contribution in [1.29, 1.82) is 0 Å². The summed E-state index contributed by atoms with van der Waals surface area (Å²) >= 11 is 5.90. The summed E-state index contributed by atoms with van der Waals surface area (Å²) in [6.07, 6.45) is -3.10. The van der Waals surface area contributed by atoms with Crippen LogP contribution in [0.15, 0.2) is 23.1 Å². The minimum Gasteiger partial charge on any atom is -0.343 e. The Balaban J connectivity index is 2.27. The second-order valence-corrected chi connectivity index (χ2v) is 7.37. The first-order valence-corrected chi connectivity index (χ1v) is 8.58. The first-order valence-electron chi connectivity index (χ1n) is 6.76. The molecule has 0 aliphatic carbocycles. The van der Waals surface area contributed by atoms with Gasteiger partial charge in [0, 0.05) is 18.7 Å². The van der Waals surface area contributed by atoms with Crippen LogP contribution in [0.1, 0.15) is 23.2 Å². The molecule has 1 N–H and O–H groups in total. The molecule has 5 nitrogen and oxygen atoms in total. The van der Waals surface area contributed by atoms with Crippen molar-refractivity contribution >= 4 is 27.5 Å². The number of sulfonamides is 1. The van der Waals surface area contributed by atoms with Crippen LogP contribution in [0.3, 0.4) is 0 Å². The average Bonchev–Trinajstić information content (AvgIpc) is 2.99. The number of nitrogens with zero attached hydrogens (tertiary/aromatic N) is 1. The number of halogens is 4. The Labute approximate surface area is 136 Å². The Kier molecular flexibility index (Phi) is 5.22. The summed E-state index contributed by atoms with van der Waals surface area (Å²) in [4.78, 5) is 11.5. The molecule has 0 spiro atoms. The van der Waals surface area contributed by atoms with E-state index in [9.17, 15) is 26.4 Å². The maximum atomic E-state index is 12.5. The highest BCUT2D eigenvalue weighted by molar-refractivity contribution is 7.89. The van der Waals surface area contributed by atoms with Gasteiger partial charge in [-0.3, -0.25) is 4.79 Å². The fraction of sp³-hybridized carbons (Fsp3) is 0.462. The standard InChI is InChI=1S/C13H14ClF3N2O3S/c14-10-4-3-9(12(20)18-8-13(15,16)17)7-11(10)23(21,22)19-5-1-2-6-19/h3-4,7H,1-2,5-6,8H2,(H,18,20). The predicted molar refractivity (Wildman–Crippen MR) is 77.8 cm³/mol. The molecular formula is C13H14ClF3N2O3S. The number of hydrogen-bond acceptors (Lipinski definition) is 3. The minimum atomic E-state index is -4.55. The topological polar surface area (TPSA) is 66.5 Å². The first-order chi connectivity index (χ1) is 10.6.